The van der Waals surface area contributed by atoms with Crippen LogP contribution in [0.15, 0.2) is 41.2 Å². The van der Waals surface area contributed by atoms with Gasteiger partial charge in [-0.05, 0) is 51.8 Å². The summed E-state index contributed by atoms with van der Waals surface area (Å²) in [6, 6.07) is 10.4. The molecule has 1 N–H and O–H groups in total. The van der Waals surface area contributed by atoms with E-state index in [-0.39, 0.29) is 55.6 Å². The predicted molar refractivity (Wildman–Crippen MR) is 213 cm³/mol. The molecule has 0 radical (unpaired) electrons. The van der Waals surface area contributed by atoms with Crippen molar-refractivity contribution in [3.8, 4) is 11.4 Å². The summed E-state index contributed by atoms with van der Waals surface area (Å²) in [5.74, 6) is -2.77. The molecule has 0 fully saturated rings. The second-order valence-electron chi connectivity index (χ2n) is 16.0. The number of nitrogens with zero attached hydrogens (tertiary/aromatic N) is 2. The lowest BCUT2D eigenvalue weighted by atomic mass is 9.85. The van der Waals surface area contributed by atoms with Crippen molar-refractivity contribution in [2.45, 2.75) is 155 Å². The Morgan fingerprint density at radius 2 is 1.62 bits per heavy atom. The fraction of sp³-hybridized carbons (Fsp3) is 0.591. The number of hydrogen-bond donors (Lipinski definition) is 1. The number of ether oxygens (including phenoxy) is 4. The maximum absolute atomic E-state index is 13.8. The summed E-state index contributed by atoms with van der Waals surface area (Å²) in [6.45, 7) is 10.0. The van der Waals surface area contributed by atoms with E-state index >= 15 is 0 Å². The molecule has 2 aliphatic rings. The summed E-state index contributed by atoms with van der Waals surface area (Å²) in [5.41, 5.74) is 0.268. The molecule has 0 aliphatic carbocycles. The molecule has 0 spiro atoms. The van der Waals surface area contributed by atoms with E-state index in [2.05, 4.69) is 12.2 Å². The molecule has 2 aromatic heterocycles. The Morgan fingerprint density at radius 1 is 0.929 bits per heavy atom. The molecule has 12 heteroatoms. The molecule has 4 heterocycles. The molecule has 3 aromatic rings. The van der Waals surface area contributed by atoms with Crippen molar-refractivity contribution in [3.05, 3.63) is 63.4 Å². The number of pyridine rings is 2. The van der Waals surface area contributed by atoms with E-state index in [1.165, 1.54) is 51.4 Å². The number of esters is 3. The van der Waals surface area contributed by atoms with Crippen LogP contribution in [0.1, 0.15) is 141 Å². The highest BCUT2D eigenvalue weighted by Gasteiger charge is 2.50. The van der Waals surface area contributed by atoms with Crippen molar-refractivity contribution in [2.75, 3.05) is 13.2 Å². The quantitative estimate of drug-likeness (QED) is 0.0510. The maximum Gasteiger partial charge on any atom is 0.355 e. The number of carbonyl (C=O) groups is 4. The van der Waals surface area contributed by atoms with Gasteiger partial charge >= 0.3 is 17.9 Å². The Morgan fingerprint density at radius 3 is 2.32 bits per heavy atom. The van der Waals surface area contributed by atoms with Gasteiger partial charge in [0, 0.05) is 42.6 Å². The monoisotopic (exact) mass is 773 g/mol. The Balaban J connectivity index is 1.17. The van der Waals surface area contributed by atoms with E-state index in [1.807, 2.05) is 30.3 Å². The zero-order valence-electron chi connectivity index (χ0n) is 33.8. The molecule has 0 saturated carbocycles. The minimum atomic E-state index is -1.89. The Labute approximate surface area is 330 Å². The van der Waals surface area contributed by atoms with Crippen LogP contribution in [0.2, 0.25) is 0 Å². The van der Waals surface area contributed by atoms with Crippen molar-refractivity contribution >= 4 is 34.7 Å². The van der Waals surface area contributed by atoms with E-state index in [4.69, 9.17) is 23.9 Å². The summed E-state index contributed by atoms with van der Waals surface area (Å²) in [6.07, 6.45) is 11.7. The molecule has 0 saturated heterocycles. The standard InChI is InChI=1S/C44H59N3O9/c1-6-8-9-10-11-12-13-14-15-18-24-53-25-23-35(41(51)56-43(3,4)5)45-37(48)21-22-38(49)55-44(7-2)33-27-36-39-31(26-30-19-16-17-20-34(30)46-39)28-47(36)40(50)32(33)29-54-42(44)52/h16-17,19-20,26-27,35H,6-15,18,21-25,28-29H2,1-5H3,(H,45,48)/t35?,44-/m0/s1. The fourth-order valence-corrected chi connectivity index (χ4v) is 7.43. The largest absolute Gasteiger partial charge is 0.458 e. The van der Waals surface area contributed by atoms with Crippen molar-refractivity contribution in [3.63, 3.8) is 0 Å². The first-order chi connectivity index (χ1) is 26.9. The number of fused-ring (bicyclic) bond motifs is 5. The minimum absolute atomic E-state index is 0.00247. The summed E-state index contributed by atoms with van der Waals surface area (Å²) in [4.78, 5) is 71.7. The average molecular weight is 774 g/mol. The van der Waals surface area contributed by atoms with Crippen molar-refractivity contribution in [1.82, 2.24) is 14.9 Å². The first kappa shape index (κ1) is 42.6. The van der Waals surface area contributed by atoms with Gasteiger partial charge in [0.15, 0.2) is 0 Å². The average Bonchev–Trinajstić information content (AvgIpc) is 3.52. The van der Waals surface area contributed by atoms with Gasteiger partial charge in [0.1, 0.15) is 18.2 Å². The number of benzene rings is 1. The lowest BCUT2D eigenvalue weighted by molar-refractivity contribution is -0.189. The van der Waals surface area contributed by atoms with Crippen molar-refractivity contribution in [2.24, 2.45) is 0 Å². The molecule has 1 unspecified atom stereocenters. The number of unbranched alkanes of at least 4 members (excludes halogenated alkanes) is 9. The first-order valence-electron chi connectivity index (χ1n) is 20.5. The molecule has 0 bridgehead atoms. The maximum atomic E-state index is 13.8. The van der Waals surface area contributed by atoms with Crippen molar-refractivity contribution < 1.29 is 38.1 Å². The molecular weight excluding hydrogens is 714 g/mol. The zero-order valence-corrected chi connectivity index (χ0v) is 33.8. The van der Waals surface area contributed by atoms with Crippen LogP contribution in [0, 0.1) is 0 Å². The van der Waals surface area contributed by atoms with Crippen LogP contribution < -0.4 is 10.9 Å². The number of aromatic nitrogens is 2. The summed E-state index contributed by atoms with van der Waals surface area (Å²) in [7, 11) is 0. The highest BCUT2D eigenvalue weighted by molar-refractivity contribution is 5.90. The fourth-order valence-electron chi connectivity index (χ4n) is 7.43. The van der Waals surface area contributed by atoms with Gasteiger partial charge in [-0.1, -0.05) is 89.8 Å². The van der Waals surface area contributed by atoms with Gasteiger partial charge in [-0.2, -0.15) is 0 Å². The number of cyclic esters (lactones) is 1. The summed E-state index contributed by atoms with van der Waals surface area (Å²) >= 11 is 0. The van der Waals surface area contributed by atoms with Crippen molar-refractivity contribution in [1.29, 1.82) is 0 Å². The van der Waals surface area contributed by atoms with Crippen LogP contribution in [-0.2, 0) is 56.9 Å². The lowest BCUT2D eigenvalue weighted by Gasteiger charge is -2.35. The van der Waals surface area contributed by atoms with Crippen LogP contribution in [0.25, 0.3) is 22.3 Å². The smallest absolute Gasteiger partial charge is 0.355 e. The van der Waals surface area contributed by atoms with Crippen LogP contribution in [-0.4, -0.2) is 58.2 Å². The molecule has 1 aromatic carbocycles. The third-order valence-corrected chi connectivity index (χ3v) is 10.4. The Bertz CT molecular complexity index is 1930. The normalized spacial score (nSPS) is 16.4. The molecule has 12 nitrogen and oxygen atoms in total. The highest BCUT2D eigenvalue weighted by atomic mass is 16.6. The molecule has 2 aliphatic heterocycles. The number of rotatable bonds is 21. The highest BCUT2D eigenvalue weighted by Crippen LogP contribution is 2.41. The Hall–Kier alpha value is -4.58. The number of hydrogen-bond acceptors (Lipinski definition) is 10. The van der Waals surface area contributed by atoms with Crippen LogP contribution in [0.4, 0.5) is 0 Å². The number of nitrogens with one attached hydrogen (secondary N) is 1. The third-order valence-electron chi connectivity index (χ3n) is 10.4. The van der Waals surface area contributed by atoms with Crippen LogP contribution in [0.5, 0.6) is 0 Å². The van der Waals surface area contributed by atoms with Gasteiger partial charge in [-0.15, -0.1) is 0 Å². The van der Waals surface area contributed by atoms with E-state index in [1.54, 1.807) is 38.3 Å². The molecule has 56 heavy (non-hydrogen) atoms. The second-order valence-corrected chi connectivity index (χ2v) is 16.0. The molecule has 2 atom stereocenters. The van der Waals surface area contributed by atoms with Crippen LogP contribution >= 0.6 is 0 Å². The minimum Gasteiger partial charge on any atom is -0.458 e. The second kappa shape index (κ2) is 19.5. The lowest BCUT2D eigenvalue weighted by Crippen LogP contribution is -2.47. The first-order valence-corrected chi connectivity index (χ1v) is 20.5. The van der Waals surface area contributed by atoms with Gasteiger partial charge in [-0.3, -0.25) is 14.4 Å². The zero-order chi connectivity index (χ0) is 40.3. The van der Waals surface area contributed by atoms with Gasteiger partial charge in [0.25, 0.3) is 5.56 Å². The van der Waals surface area contributed by atoms with Gasteiger partial charge in [-0.25, -0.2) is 14.6 Å². The number of carbonyl (C=O) groups excluding carboxylic acids is 4. The topological polar surface area (TPSA) is 152 Å². The predicted octanol–water partition coefficient (Wildman–Crippen LogP) is 7.56. The van der Waals surface area contributed by atoms with Crippen LogP contribution in [0.3, 0.4) is 0 Å². The SMILES string of the molecule is CCCCCCCCCCCCOCCC(NC(=O)CCC(=O)O[C@]1(CC)C(=O)OCc2c1cc1n(c2=O)Cc2cc3ccccc3nc2-1)C(=O)OC(C)(C)C. The van der Waals surface area contributed by atoms with E-state index in [9.17, 15) is 24.0 Å². The van der Waals surface area contributed by atoms with E-state index in [0.717, 1.165) is 29.3 Å². The molecular formula is C44H59N3O9. The summed E-state index contributed by atoms with van der Waals surface area (Å²) < 4.78 is 24.3. The van der Waals surface area contributed by atoms with Gasteiger partial charge < -0.3 is 28.8 Å². The van der Waals surface area contributed by atoms with E-state index in [0.29, 0.717) is 24.5 Å². The Kier molecular flexibility index (Phi) is 14.8. The van der Waals surface area contributed by atoms with Gasteiger partial charge in [0.2, 0.25) is 11.5 Å². The third kappa shape index (κ3) is 10.6. The molecule has 1 amide bonds. The molecule has 304 valence electrons. The number of amides is 1. The molecule has 5 rings (SSSR count). The van der Waals surface area contributed by atoms with Gasteiger partial charge in [0.05, 0.1) is 35.4 Å². The van der Waals surface area contributed by atoms with E-state index < -0.39 is 41.1 Å². The number of para-hydroxylation sites is 1. The summed E-state index contributed by atoms with van der Waals surface area (Å²) in [5, 5.41) is 3.65.